The van der Waals surface area contributed by atoms with Crippen molar-refractivity contribution in [2.75, 3.05) is 0 Å². The van der Waals surface area contributed by atoms with Crippen LogP contribution in [0.2, 0.25) is 0 Å². The third-order valence-electron chi connectivity index (χ3n) is 5.23. The second kappa shape index (κ2) is 7.97. The Labute approximate surface area is 179 Å². The maximum absolute atomic E-state index is 6.54. The molecule has 29 heavy (non-hydrogen) atoms. The summed E-state index contributed by atoms with van der Waals surface area (Å²) in [6.07, 6.45) is 2.19. The summed E-state index contributed by atoms with van der Waals surface area (Å²) < 4.78 is 13.1. The Bertz CT molecular complexity index is 1170. The number of hydrogen-bond acceptors (Lipinski definition) is 3. The van der Waals surface area contributed by atoms with Crippen molar-refractivity contribution in [2.24, 2.45) is 0 Å². The van der Waals surface area contributed by atoms with Crippen molar-refractivity contribution in [3.8, 4) is 22.6 Å². The molecule has 0 spiro atoms. The van der Waals surface area contributed by atoms with Crippen LogP contribution in [-0.4, -0.2) is 21.1 Å². The van der Waals surface area contributed by atoms with E-state index in [1.165, 1.54) is 0 Å². The summed E-state index contributed by atoms with van der Waals surface area (Å²) in [4.78, 5) is 0. The fraction of sp³-hybridized carbons (Fsp3) is 0.167. The van der Waals surface area contributed by atoms with Crippen molar-refractivity contribution < 1.29 is 9.05 Å². The average Bonchev–Trinajstić information content (AvgIpc) is 2.85. The molecule has 3 aromatic rings. The van der Waals surface area contributed by atoms with Gasteiger partial charge in [-0.05, 0) is 0 Å². The summed E-state index contributed by atoms with van der Waals surface area (Å²) >= 11 is 3.20. The first kappa shape index (κ1) is 20.2. The van der Waals surface area contributed by atoms with Gasteiger partial charge in [-0.25, -0.2) is 0 Å². The maximum atomic E-state index is 6.54. The van der Waals surface area contributed by atoms with Crippen LogP contribution >= 0.6 is 6.11 Å². The molecule has 2 unspecified atom stereocenters. The first-order valence-electron chi connectivity index (χ1n) is 9.70. The Balaban J connectivity index is 2.09. The van der Waals surface area contributed by atoms with Crippen LogP contribution < -0.4 is 14.1 Å². The van der Waals surface area contributed by atoms with Crippen molar-refractivity contribution in [3.63, 3.8) is 0 Å². The zero-order chi connectivity index (χ0) is 20.6. The topological polar surface area (TPSA) is 30.5 Å². The molecule has 1 aliphatic heterocycles. The molecule has 148 valence electrons. The number of nitrogens with one attached hydrogen (secondary N) is 1. The third-order valence-corrected chi connectivity index (χ3v) is 8.47. The van der Waals surface area contributed by atoms with Gasteiger partial charge >= 0.3 is 180 Å². The first-order valence-corrected chi connectivity index (χ1v) is 13.5. The van der Waals surface area contributed by atoms with Gasteiger partial charge in [0.1, 0.15) is 0 Å². The quantitative estimate of drug-likeness (QED) is 0.330. The fourth-order valence-corrected chi connectivity index (χ4v) is 7.46. The minimum absolute atomic E-state index is 0.251. The van der Waals surface area contributed by atoms with Crippen molar-refractivity contribution in [1.82, 2.24) is 5.09 Å². The second-order valence-electron chi connectivity index (χ2n) is 7.13. The minimum atomic E-state index is -2.51. The Morgan fingerprint density at radius 3 is 2.38 bits per heavy atom. The Morgan fingerprint density at radius 1 is 1.00 bits per heavy atom. The van der Waals surface area contributed by atoms with Gasteiger partial charge in [-0.15, -0.1) is 0 Å². The molecular formula is C24H24NO2PSe. The van der Waals surface area contributed by atoms with Crippen molar-refractivity contribution in [3.05, 3.63) is 72.8 Å². The molecule has 5 heteroatoms. The molecule has 3 aromatic carbocycles. The van der Waals surface area contributed by atoms with Crippen LogP contribution in [0.25, 0.3) is 34.1 Å². The van der Waals surface area contributed by atoms with Gasteiger partial charge in [-0.2, -0.15) is 0 Å². The van der Waals surface area contributed by atoms with E-state index in [0.717, 1.165) is 50.9 Å². The molecule has 0 aliphatic carbocycles. The van der Waals surface area contributed by atoms with Gasteiger partial charge in [-0.3, -0.25) is 0 Å². The zero-order valence-corrected chi connectivity index (χ0v) is 19.3. The second-order valence-corrected chi connectivity index (χ2v) is 11.8. The normalized spacial score (nSPS) is 18.6. The van der Waals surface area contributed by atoms with E-state index in [4.69, 9.17) is 9.05 Å². The molecule has 0 saturated heterocycles. The van der Waals surface area contributed by atoms with E-state index in [9.17, 15) is 0 Å². The van der Waals surface area contributed by atoms with Crippen LogP contribution in [0, 0.1) is 0 Å². The number of rotatable bonds is 5. The van der Waals surface area contributed by atoms with Gasteiger partial charge in [-0.1, -0.05) is 0 Å². The van der Waals surface area contributed by atoms with Crippen LogP contribution in [0.15, 0.2) is 61.7 Å². The Morgan fingerprint density at radius 2 is 1.69 bits per heavy atom. The summed E-state index contributed by atoms with van der Waals surface area (Å²) in [5, 5.41) is 5.82. The summed E-state index contributed by atoms with van der Waals surface area (Å²) in [6.45, 7) is 12.3. The van der Waals surface area contributed by atoms with Crippen molar-refractivity contribution in [2.45, 2.75) is 26.3 Å². The van der Waals surface area contributed by atoms with E-state index in [2.05, 4.69) is 71.5 Å². The van der Waals surface area contributed by atoms with Gasteiger partial charge in [0, 0.05) is 0 Å². The molecule has 4 rings (SSSR count). The number of fused-ring (bicyclic) bond motifs is 5. The molecule has 0 saturated carbocycles. The molecular weight excluding hydrogens is 444 g/mol. The van der Waals surface area contributed by atoms with Crippen LogP contribution in [0.1, 0.15) is 31.4 Å². The molecule has 0 amide bonds. The molecule has 2 atom stereocenters. The van der Waals surface area contributed by atoms with E-state index >= 15 is 0 Å². The van der Waals surface area contributed by atoms with Gasteiger partial charge in [0.05, 0.1) is 0 Å². The van der Waals surface area contributed by atoms with E-state index in [1.807, 2.05) is 36.4 Å². The zero-order valence-electron chi connectivity index (χ0n) is 16.6. The third kappa shape index (κ3) is 3.63. The fourth-order valence-electron chi connectivity index (χ4n) is 3.62. The molecule has 1 aliphatic rings. The first-order chi connectivity index (χ1) is 14.0. The van der Waals surface area contributed by atoms with Crippen LogP contribution in [0.4, 0.5) is 0 Å². The molecule has 0 bridgehead atoms. The average molecular weight is 468 g/mol. The molecule has 0 fully saturated rings. The van der Waals surface area contributed by atoms with Gasteiger partial charge in [0.25, 0.3) is 0 Å². The molecule has 3 nitrogen and oxygen atoms in total. The molecule has 0 radical (unpaired) electrons. The summed E-state index contributed by atoms with van der Waals surface area (Å²) in [6, 6.07) is 16.7. The monoisotopic (exact) mass is 469 g/mol. The predicted molar refractivity (Wildman–Crippen MR) is 126 cm³/mol. The molecule has 0 aromatic heterocycles. The van der Waals surface area contributed by atoms with Crippen LogP contribution in [0.5, 0.6) is 11.5 Å². The van der Waals surface area contributed by atoms with E-state index in [-0.39, 0.29) is 6.04 Å². The Kier molecular flexibility index (Phi) is 5.55. The van der Waals surface area contributed by atoms with Crippen molar-refractivity contribution in [1.29, 1.82) is 0 Å². The molecule has 1 heterocycles. The van der Waals surface area contributed by atoms with E-state index < -0.39 is 6.11 Å². The van der Waals surface area contributed by atoms with Crippen molar-refractivity contribution >= 4 is 44.1 Å². The standard InChI is InChI=1S/C24H24NO2PSe/c1-5-16(4)25-28(29)26-21-14-12-17(6-2)19(7-3)23(21)24-20-11-9-8-10-18(20)13-15-22(24)27-28/h6-16H,2-3,5H2,1,4H3,(H,25,29). The number of benzene rings is 3. The van der Waals surface area contributed by atoms with Crippen LogP contribution in [0.3, 0.4) is 0 Å². The van der Waals surface area contributed by atoms with E-state index in [0.29, 0.717) is 0 Å². The Hall–Kier alpha value is -2.09. The number of hydrogen-bond donors (Lipinski definition) is 1. The van der Waals surface area contributed by atoms with Gasteiger partial charge in [0.15, 0.2) is 0 Å². The van der Waals surface area contributed by atoms with E-state index in [1.54, 1.807) is 0 Å². The summed E-state index contributed by atoms with van der Waals surface area (Å²) in [5.74, 6) is 1.58. The molecule has 1 N–H and O–H groups in total. The van der Waals surface area contributed by atoms with Gasteiger partial charge < -0.3 is 0 Å². The summed E-state index contributed by atoms with van der Waals surface area (Å²) in [5.41, 5.74) is 4.03. The predicted octanol–water partition coefficient (Wildman–Crippen LogP) is 6.80. The SMILES string of the molecule is C=Cc1ccc2c(c1C=C)-c1c(ccc3ccccc13)OP(=[Se])(NC(C)CC)O2. The summed E-state index contributed by atoms with van der Waals surface area (Å²) in [7, 11) is 0. The van der Waals surface area contributed by atoms with Crippen LogP contribution in [-0.2, 0) is 0 Å². The van der Waals surface area contributed by atoms with Gasteiger partial charge in [0.2, 0.25) is 0 Å².